The second-order valence-corrected chi connectivity index (χ2v) is 4.89. The van der Waals surface area contributed by atoms with E-state index in [1.807, 2.05) is 6.07 Å². The molecule has 1 aromatic carbocycles. The number of benzene rings is 1. The van der Waals surface area contributed by atoms with Crippen LogP contribution in [0.15, 0.2) is 41.3 Å². The highest BCUT2D eigenvalue weighted by Crippen LogP contribution is 2.18. The van der Waals surface area contributed by atoms with Gasteiger partial charge in [-0.25, -0.2) is 9.61 Å². The average Bonchev–Trinajstić information content (AvgIpc) is 2.98. The summed E-state index contributed by atoms with van der Waals surface area (Å²) in [5.74, 6) is 0.0949. The minimum absolute atomic E-state index is 0.230. The minimum atomic E-state index is -0.230. The van der Waals surface area contributed by atoms with E-state index < -0.39 is 0 Å². The third-order valence-corrected chi connectivity index (χ3v) is 3.24. The molecule has 8 heteroatoms. The smallest absolute Gasteiger partial charge is 0.251 e. The van der Waals surface area contributed by atoms with Gasteiger partial charge in [0.25, 0.3) is 5.91 Å². The van der Waals surface area contributed by atoms with Crippen molar-refractivity contribution in [3.05, 3.63) is 53.6 Å². The van der Waals surface area contributed by atoms with Crippen LogP contribution in [0.4, 0.5) is 5.82 Å². The van der Waals surface area contributed by atoms with Gasteiger partial charge in [-0.1, -0.05) is 22.4 Å². The first-order valence-corrected chi connectivity index (χ1v) is 6.87. The summed E-state index contributed by atoms with van der Waals surface area (Å²) in [6.07, 6.45) is 3.06. The van der Waals surface area contributed by atoms with E-state index >= 15 is 0 Å². The zero-order valence-corrected chi connectivity index (χ0v) is 12.4. The maximum absolute atomic E-state index is 12.3. The van der Waals surface area contributed by atoms with E-state index in [9.17, 15) is 4.79 Å². The summed E-state index contributed by atoms with van der Waals surface area (Å²) in [6, 6.07) is 7.06. The summed E-state index contributed by atoms with van der Waals surface area (Å²) >= 11 is 0. The highest BCUT2D eigenvalue weighted by molar-refractivity contribution is 5.95. The fourth-order valence-corrected chi connectivity index (χ4v) is 2.02. The van der Waals surface area contributed by atoms with Crippen LogP contribution in [0.3, 0.4) is 0 Å². The fraction of sp³-hybridized carbons (Fsp3) is 0.133. The van der Waals surface area contributed by atoms with Crippen LogP contribution in [0.1, 0.15) is 21.7 Å². The number of nitrogens with one attached hydrogen (secondary N) is 1. The Morgan fingerprint density at radius 3 is 2.91 bits per heavy atom. The van der Waals surface area contributed by atoms with Crippen molar-refractivity contribution >= 4 is 11.7 Å². The number of aromatic nitrogens is 4. The molecule has 8 nitrogen and oxygen atoms in total. The second kappa shape index (κ2) is 6.22. The van der Waals surface area contributed by atoms with E-state index in [4.69, 9.17) is 5.73 Å². The van der Waals surface area contributed by atoms with Gasteiger partial charge in [0.05, 0.1) is 24.6 Å². The van der Waals surface area contributed by atoms with Gasteiger partial charge >= 0.3 is 0 Å². The average molecular weight is 310 g/mol. The molecule has 2 heterocycles. The van der Waals surface area contributed by atoms with Crippen molar-refractivity contribution in [2.24, 2.45) is 0 Å². The first-order valence-electron chi connectivity index (χ1n) is 6.87. The Morgan fingerprint density at radius 1 is 1.30 bits per heavy atom. The number of amides is 1. The lowest BCUT2D eigenvalue weighted by atomic mass is 10.1. The summed E-state index contributed by atoms with van der Waals surface area (Å²) in [4.78, 5) is 20.4. The van der Waals surface area contributed by atoms with Gasteiger partial charge in [0.15, 0.2) is 0 Å². The number of nitrogen functional groups attached to an aromatic ring is 1. The highest BCUT2D eigenvalue weighted by Gasteiger charge is 2.10. The molecule has 0 aliphatic carbocycles. The normalized spacial score (nSPS) is 10.5. The van der Waals surface area contributed by atoms with Crippen molar-refractivity contribution in [1.29, 1.82) is 0 Å². The molecule has 0 saturated carbocycles. The highest BCUT2D eigenvalue weighted by atomic mass is 16.6. The van der Waals surface area contributed by atoms with Crippen LogP contribution in [0.2, 0.25) is 0 Å². The van der Waals surface area contributed by atoms with Gasteiger partial charge in [0.2, 0.25) is 0 Å². The predicted octanol–water partition coefficient (Wildman–Crippen LogP) is 1.35. The maximum Gasteiger partial charge on any atom is 0.251 e. The quantitative estimate of drug-likeness (QED) is 0.746. The van der Waals surface area contributed by atoms with E-state index in [1.165, 1.54) is 6.20 Å². The van der Waals surface area contributed by atoms with Crippen LogP contribution in [0, 0.1) is 6.92 Å². The van der Waals surface area contributed by atoms with E-state index in [-0.39, 0.29) is 12.5 Å². The van der Waals surface area contributed by atoms with Crippen LogP contribution in [-0.4, -0.2) is 26.2 Å². The molecular formula is C15H14N6O2. The van der Waals surface area contributed by atoms with Crippen LogP contribution in [0.25, 0.3) is 11.3 Å². The molecule has 0 radical (unpaired) electrons. The molecule has 0 atom stereocenters. The van der Waals surface area contributed by atoms with Crippen LogP contribution < -0.4 is 11.1 Å². The molecule has 3 N–H and O–H groups in total. The minimum Gasteiger partial charge on any atom is -0.382 e. The molecule has 1 amide bonds. The summed E-state index contributed by atoms with van der Waals surface area (Å²) in [6.45, 7) is 2.01. The number of anilines is 1. The third kappa shape index (κ3) is 3.31. The van der Waals surface area contributed by atoms with Gasteiger partial charge in [0.1, 0.15) is 17.2 Å². The van der Waals surface area contributed by atoms with Gasteiger partial charge < -0.3 is 11.1 Å². The van der Waals surface area contributed by atoms with Gasteiger partial charge in [-0.2, -0.15) is 0 Å². The molecule has 0 saturated heterocycles. The summed E-state index contributed by atoms with van der Waals surface area (Å²) < 4.78 is 4.59. The van der Waals surface area contributed by atoms with Gasteiger partial charge in [-0.3, -0.25) is 9.78 Å². The number of hydrogen-bond acceptors (Lipinski definition) is 7. The zero-order valence-electron chi connectivity index (χ0n) is 12.4. The first kappa shape index (κ1) is 14.6. The zero-order chi connectivity index (χ0) is 16.2. The van der Waals surface area contributed by atoms with Crippen molar-refractivity contribution in [3.8, 4) is 11.3 Å². The summed E-state index contributed by atoms with van der Waals surface area (Å²) in [5, 5.41) is 10.2. The predicted molar refractivity (Wildman–Crippen MR) is 82.1 cm³/mol. The Kier molecular flexibility index (Phi) is 3.96. The topological polar surface area (TPSA) is 120 Å². The molecule has 0 fully saturated rings. The van der Waals surface area contributed by atoms with Gasteiger partial charge in [0, 0.05) is 11.1 Å². The molecular weight excluding hydrogens is 296 g/mol. The molecule has 0 spiro atoms. The van der Waals surface area contributed by atoms with Crippen LogP contribution in [0.5, 0.6) is 0 Å². The van der Waals surface area contributed by atoms with Crippen LogP contribution >= 0.6 is 0 Å². The number of rotatable bonds is 4. The summed E-state index contributed by atoms with van der Waals surface area (Å²) in [7, 11) is 0. The number of carbonyl (C=O) groups excluding carboxylic acids is 1. The van der Waals surface area contributed by atoms with Crippen molar-refractivity contribution in [2.45, 2.75) is 13.5 Å². The lowest BCUT2D eigenvalue weighted by Crippen LogP contribution is -2.23. The van der Waals surface area contributed by atoms with Crippen molar-refractivity contribution in [2.75, 3.05) is 5.73 Å². The molecule has 0 aliphatic rings. The fourth-order valence-electron chi connectivity index (χ4n) is 2.02. The van der Waals surface area contributed by atoms with Gasteiger partial charge in [-0.15, -0.1) is 0 Å². The lowest BCUT2D eigenvalue weighted by Gasteiger charge is -2.06. The number of hydrogen-bond donors (Lipinski definition) is 2. The van der Waals surface area contributed by atoms with E-state index in [0.717, 1.165) is 5.56 Å². The number of nitrogens with zero attached hydrogens (tertiary/aromatic N) is 4. The summed E-state index contributed by atoms with van der Waals surface area (Å²) in [5.41, 5.74) is 8.75. The molecule has 3 rings (SSSR count). The third-order valence-electron chi connectivity index (χ3n) is 3.24. The Bertz CT molecular complexity index is 845. The second-order valence-electron chi connectivity index (χ2n) is 4.89. The molecule has 116 valence electrons. The van der Waals surface area contributed by atoms with E-state index in [0.29, 0.717) is 28.5 Å². The van der Waals surface area contributed by atoms with Crippen molar-refractivity contribution in [1.82, 2.24) is 25.6 Å². The monoisotopic (exact) mass is 310 g/mol. The lowest BCUT2D eigenvalue weighted by molar-refractivity contribution is 0.0950. The number of carbonyl (C=O) groups is 1. The Hall–Kier alpha value is -3.29. The molecule has 3 aromatic rings. The Morgan fingerprint density at radius 2 is 2.17 bits per heavy atom. The van der Waals surface area contributed by atoms with E-state index in [2.05, 4.69) is 30.2 Å². The molecule has 2 aromatic heterocycles. The molecule has 0 aliphatic heterocycles. The van der Waals surface area contributed by atoms with Crippen LogP contribution in [-0.2, 0) is 6.54 Å². The largest absolute Gasteiger partial charge is 0.382 e. The first-order chi connectivity index (χ1) is 11.1. The van der Waals surface area contributed by atoms with Crippen molar-refractivity contribution < 1.29 is 9.42 Å². The maximum atomic E-state index is 12.3. The van der Waals surface area contributed by atoms with Crippen molar-refractivity contribution in [3.63, 3.8) is 0 Å². The molecule has 0 bridgehead atoms. The number of nitrogens with two attached hydrogens (primary N) is 1. The molecule has 0 unspecified atom stereocenters. The standard InChI is InChI=1S/C15H14N6O2/c1-9-12(21-23-20-9)7-18-15(22)11-4-2-3-10(5-11)13-6-17-8-14(16)19-13/h2-6,8H,7H2,1H3,(H2,16,19)(H,18,22). The Labute approximate surface area is 131 Å². The SMILES string of the molecule is Cc1nonc1CNC(=O)c1cccc(-c2cncc(N)n2)c1. The number of aryl methyl sites for hydroxylation is 1. The Balaban J connectivity index is 1.76. The van der Waals surface area contributed by atoms with E-state index in [1.54, 1.807) is 31.3 Å². The molecule has 23 heavy (non-hydrogen) atoms. The van der Waals surface area contributed by atoms with Gasteiger partial charge in [-0.05, 0) is 19.1 Å².